The summed E-state index contributed by atoms with van der Waals surface area (Å²) in [6.45, 7) is 4.09. The van der Waals surface area contributed by atoms with E-state index < -0.39 is 7.82 Å². The minimum Gasteiger partial charge on any atom is -0.492 e. The fourth-order valence-electron chi connectivity index (χ4n) is 3.08. The van der Waals surface area contributed by atoms with Crippen LogP contribution in [0, 0.1) is 5.92 Å². The number of ether oxygens (including phenoxy) is 1. The standard InChI is InChI=1S/C16H22N3O5P/c1-2-23-14-5-3-4-13-15(14)17-11-18-16(13)19-8-6-12(7-9-19)10-24-25(20,21)22/h3-5,11-12H,2,6-10H2,1H3,(H2,20,21,22). The predicted octanol–water partition coefficient (Wildman–Crippen LogP) is 2.35. The highest BCUT2D eigenvalue weighted by molar-refractivity contribution is 7.46. The molecule has 2 N–H and O–H groups in total. The van der Waals surface area contributed by atoms with Gasteiger partial charge in [0.25, 0.3) is 0 Å². The van der Waals surface area contributed by atoms with E-state index >= 15 is 0 Å². The van der Waals surface area contributed by atoms with Crippen molar-refractivity contribution in [3.8, 4) is 5.75 Å². The first-order valence-corrected chi connectivity index (χ1v) is 9.82. The van der Waals surface area contributed by atoms with E-state index in [2.05, 4.69) is 19.4 Å². The second-order valence-corrected chi connectivity index (χ2v) is 7.24. The molecule has 2 aromatic rings. The highest BCUT2D eigenvalue weighted by Gasteiger charge is 2.25. The largest absolute Gasteiger partial charge is 0.492 e. The fraction of sp³-hybridized carbons (Fsp3) is 0.500. The van der Waals surface area contributed by atoms with Gasteiger partial charge in [-0.3, -0.25) is 4.52 Å². The Hall–Kier alpha value is -1.73. The average molecular weight is 367 g/mol. The van der Waals surface area contributed by atoms with Crippen LogP contribution in [0.15, 0.2) is 24.5 Å². The molecular formula is C16H22N3O5P. The molecule has 0 spiro atoms. The Morgan fingerprint density at radius 2 is 2.04 bits per heavy atom. The normalized spacial score (nSPS) is 16.4. The highest BCUT2D eigenvalue weighted by Crippen LogP contribution is 2.38. The quantitative estimate of drug-likeness (QED) is 0.750. The number of phosphoric ester groups is 1. The van der Waals surface area contributed by atoms with Crippen LogP contribution in [0.25, 0.3) is 10.9 Å². The molecule has 0 amide bonds. The topological polar surface area (TPSA) is 105 Å². The average Bonchev–Trinajstić information content (AvgIpc) is 2.60. The van der Waals surface area contributed by atoms with Gasteiger partial charge in [-0.2, -0.15) is 0 Å². The van der Waals surface area contributed by atoms with E-state index in [9.17, 15) is 4.57 Å². The van der Waals surface area contributed by atoms with Crippen LogP contribution >= 0.6 is 7.82 Å². The molecule has 0 aliphatic carbocycles. The van der Waals surface area contributed by atoms with Crippen molar-refractivity contribution in [2.45, 2.75) is 19.8 Å². The number of para-hydroxylation sites is 1. The van der Waals surface area contributed by atoms with E-state index in [1.54, 1.807) is 6.33 Å². The third-order valence-electron chi connectivity index (χ3n) is 4.30. The number of nitrogens with zero attached hydrogens (tertiary/aromatic N) is 3. The molecule has 8 nitrogen and oxygen atoms in total. The van der Waals surface area contributed by atoms with Crippen LogP contribution in [-0.2, 0) is 9.09 Å². The van der Waals surface area contributed by atoms with Gasteiger partial charge in [0.05, 0.1) is 13.2 Å². The SMILES string of the molecule is CCOc1cccc2c(N3CCC(COP(=O)(O)O)CC3)ncnc12. The number of anilines is 1. The molecule has 0 unspecified atom stereocenters. The summed E-state index contributed by atoms with van der Waals surface area (Å²) in [5.74, 6) is 1.74. The maximum Gasteiger partial charge on any atom is 0.469 e. The molecule has 1 fully saturated rings. The van der Waals surface area contributed by atoms with Gasteiger partial charge in [0.2, 0.25) is 0 Å². The van der Waals surface area contributed by atoms with Gasteiger partial charge in [-0.1, -0.05) is 6.07 Å². The zero-order valence-corrected chi connectivity index (χ0v) is 14.9. The molecule has 1 aromatic heterocycles. The van der Waals surface area contributed by atoms with E-state index in [-0.39, 0.29) is 12.5 Å². The van der Waals surface area contributed by atoms with Gasteiger partial charge in [-0.25, -0.2) is 14.5 Å². The summed E-state index contributed by atoms with van der Waals surface area (Å²) < 4.78 is 21.1. The smallest absolute Gasteiger partial charge is 0.469 e. The molecule has 1 aliphatic rings. The lowest BCUT2D eigenvalue weighted by molar-refractivity contribution is 0.156. The summed E-state index contributed by atoms with van der Waals surface area (Å²) in [4.78, 5) is 28.6. The Morgan fingerprint density at radius 1 is 1.28 bits per heavy atom. The number of hydrogen-bond donors (Lipinski definition) is 2. The Kier molecular flexibility index (Phi) is 5.54. The van der Waals surface area contributed by atoms with Crippen molar-refractivity contribution in [2.75, 3.05) is 31.2 Å². The van der Waals surface area contributed by atoms with Crippen LogP contribution in [-0.4, -0.2) is 46.1 Å². The molecule has 25 heavy (non-hydrogen) atoms. The molecule has 0 atom stereocenters. The second-order valence-electron chi connectivity index (χ2n) is 6.00. The van der Waals surface area contributed by atoms with Gasteiger partial charge in [0, 0.05) is 18.5 Å². The van der Waals surface area contributed by atoms with Crippen LogP contribution < -0.4 is 9.64 Å². The molecule has 9 heteroatoms. The first-order chi connectivity index (χ1) is 12.0. The van der Waals surface area contributed by atoms with Crippen molar-refractivity contribution in [3.63, 3.8) is 0 Å². The van der Waals surface area contributed by atoms with Gasteiger partial charge < -0.3 is 19.4 Å². The third kappa shape index (κ3) is 4.46. The summed E-state index contributed by atoms with van der Waals surface area (Å²) in [6.07, 6.45) is 3.12. The second kappa shape index (κ2) is 7.66. The van der Waals surface area contributed by atoms with Crippen LogP contribution in [0.2, 0.25) is 0 Å². The number of phosphoric acid groups is 1. The predicted molar refractivity (Wildman–Crippen MR) is 93.6 cm³/mol. The number of piperidine rings is 1. The lowest BCUT2D eigenvalue weighted by atomic mass is 9.97. The van der Waals surface area contributed by atoms with Gasteiger partial charge in [-0.15, -0.1) is 0 Å². The Morgan fingerprint density at radius 3 is 2.72 bits per heavy atom. The Balaban J connectivity index is 1.73. The van der Waals surface area contributed by atoms with E-state index in [4.69, 9.17) is 14.5 Å². The minimum absolute atomic E-state index is 0.0805. The van der Waals surface area contributed by atoms with Crippen molar-refractivity contribution in [3.05, 3.63) is 24.5 Å². The third-order valence-corrected chi connectivity index (χ3v) is 4.78. The molecule has 136 valence electrons. The Labute approximate surface area is 146 Å². The minimum atomic E-state index is -4.40. The van der Waals surface area contributed by atoms with Crippen LogP contribution in [0.1, 0.15) is 19.8 Å². The van der Waals surface area contributed by atoms with E-state index in [1.165, 1.54) is 0 Å². The monoisotopic (exact) mass is 367 g/mol. The molecule has 1 saturated heterocycles. The number of fused-ring (bicyclic) bond motifs is 1. The summed E-state index contributed by atoms with van der Waals surface area (Å²) >= 11 is 0. The van der Waals surface area contributed by atoms with Gasteiger partial charge >= 0.3 is 7.82 Å². The summed E-state index contributed by atoms with van der Waals surface area (Å²) in [7, 11) is -4.40. The van der Waals surface area contributed by atoms with Crippen LogP contribution in [0.5, 0.6) is 5.75 Å². The summed E-state index contributed by atoms with van der Waals surface area (Å²) in [5.41, 5.74) is 0.793. The molecular weight excluding hydrogens is 345 g/mol. The van der Waals surface area contributed by atoms with Crippen molar-refractivity contribution in [1.82, 2.24) is 9.97 Å². The van der Waals surface area contributed by atoms with Crippen molar-refractivity contribution < 1.29 is 23.6 Å². The number of hydrogen-bond acceptors (Lipinski definition) is 6. The van der Waals surface area contributed by atoms with E-state index in [0.717, 1.165) is 48.4 Å². The van der Waals surface area contributed by atoms with Crippen LogP contribution in [0.4, 0.5) is 5.82 Å². The van der Waals surface area contributed by atoms with Crippen LogP contribution in [0.3, 0.4) is 0 Å². The van der Waals surface area contributed by atoms with Gasteiger partial charge in [0.1, 0.15) is 23.4 Å². The highest BCUT2D eigenvalue weighted by atomic mass is 31.2. The van der Waals surface area contributed by atoms with Crippen molar-refractivity contribution in [1.29, 1.82) is 0 Å². The number of rotatable bonds is 6. The molecule has 1 aromatic carbocycles. The molecule has 3 rings (SSSR count). The molecule has 0 saturated carbocycles. The zero-order valence-electron chi connectivity index (χ0n) is 14.0. The molecule has 0 radical (unpaired) electrons. The molecule has 1 aliphatic heterocycles. The molecule has 2 heterocycles. The van der Waals surface area contributed by atoms with Gasteiger partial charge in [-0.05, 0) is 37.8 Å². The number of benzene rings is 1. The van der Waals surface area contributed by atoms with E-state index in [1.807, 2.05) is 25.1 Å². The van der Waals surface area contributed by atoms with Crippen molar-refractivity contribution in [2.24, 2.45) is 5.92 Å². The maximum absolute atomic E-state index is 10.8. The van der Waals surface area contributed by atoms with Gasteiger partial charge in [0.15, 0.2) is 0 Å². The van der Waals surface area contributed by atoms with Crippen molar-refractivity contribution >= 4 is 24.5 Å². The first kappa shape index (κ1) is 18.1. The lowest BCUT2D eigenvalue weighted by Gasteiger charge is -2.33. The molecule has 0 bridgehead atoms. The Bertz CT molecular complexity index is 773. The lowest BCUT2D eigenvalue weighted by Crippen LogP contribution is -2.35. The summed E-state index contributed by atoms with van der Waals surface area (Å²) in [5, 5.41) is 0.943. The fourth-order valence-corrected chi connectivity index (χ4v) is 3.49. The summed E-state index contributed by atoms with van der Waals surface area (Å²) in [6, 6.07) is 5.81. The van der Waals surface area contributed by atoms with E-state index in [0.29, 0.717) is 6.61 Å². The first-order valence-electron chi connectivity index (χ1n) is 8.29. The zero-order chi connectivity index (χ0) is 17.9. The maximum atomic E-state index is 10.8. The number of aromatic nitrogens is 2.